The minimum atomic E-state index is -1.77. The van der Waals surface area contributed by atoms with E-state index in [1.165, 1.54) is 0 Å². The second-order valence-corrected chi connectivity index (χ2v) is 9.54. The summed E-state index contributed by atoms with van der Waals surface area (Å²) in [5, 5.41) is 24.7. The van der Waals surface area contributed by atoms with Gasteiger partial charge in [0.25, 0.3) is 0 Å². The first-order valence-corrected chi connectivity index (χ1v) is 12.0. The summed E-state index contributed by atoms with van der Waals surface area (Å²) in [7, 11) is 0. The molecule has 0 heterocycles. The zero-order valence-electron chi connectivity index (χ0n) is 19.5. The Morgan fingerprint density at radius 3 is 1.19 bits per heavy atom. The third kappa shape index (κ3) is 3.23. The van der Waals surface area contributed by atoms with Crippen molar-refractivity contribution in [3.63, 3.8) is 0 Å². The van der Waals surface area contributed by atoms with Crippen molar-refractivity contribution in [3.05, 3.63) is 154 Å². The fraction of sp³-hybridized carbons (Fsp3) is 0.125. The molecule has 2 atom stereocenters. The zero-order chi connectivity index (χ0) is 24.9. The minimum absolute atomic E-state index is 0.0350. The van der Waals surface area contributed by atoms with Crippen LogP contribution in [0.15, 0.2) is 120 Å². The van der Waals surface area contributed by atoms with E-state index in [-0.39, 0.29) is 24.0 Å². The quantitative estimate of drug-likeness (QED) is 0.413. The maximum absolute atomic E-state index is 13.9. The highest BCUT2D eigenvalue weighted by Crippen LogP contribution is 2.52. The summed E-state index contributed by atoms with van der Waals surface area (Å²) in [4.78, 5) is 27.9. The van der Waals surface area contributed by atoms with Crippen molar-refractivity contribution in [1.29, 1.82) is 0 Å². The molecule has 0 bridgehead atoms. The molecule has 4 nitrogen and oxygen atoms in total. The van der Waals surface area contributed by atoms with E-state index in [0.29, 0.717) is 22.3 Å². The van der Waals surface area contributed by atoms with Crippen LogP contribution < -0.4 is 0 Å². The Balaban J connectivity index is 1.64. The molecular weight excluding hydrogens is 448 g/mol. The summed E-state index contributed by atoms with van der Waals surface area (Å²) in [5.74, 6) is -0.849. The first kappa shape index (κ1) is 22.4. The summed E-state index contributed by atoms with van der Waals surface area (Å²) in [6, 6.07) is 32.6. The van der Waals surface area contributed by atoms with E-state index in [0.717, 1.165) is 11.1 Å². The van der Waals surface area contributed by atoms with Crippen molar-refractivity contribution in [2.24, 2.45) is 0 Å². The highest BCUT2D eigenvalue weighted by molar-refractivity contribution is 6.24. The highest BCUT2D eigenvalue weighted by Gasteiger charge is 2.56. The van der Waals surface area contributed by atoms with Crippen molar-refractivity contribution in [1.82, 2.24) is 0 Å². The molecule has 6 rings (SSSR count). The lowest BCUT2D eigenvalue weighted by molar-refractivity contribution is 0.0527. The van der Waals surface area contributed by atoms with Crippen molar-refractivity contribution in [2.45, 2.75) is 24.0 Å². The SMILES string of the molecule is O=C1/C(=C2/C(=O)c3ccccc3C2(O)Cc2ccccc2)C(O)(Cc2ccccc2)c2ccccc21. The molecule has 0 radical (unpaired) electrons. The summed E-state index contributed by atoms with van der Waals surface area (Å²) in [6.07, 6.45) is 0.195. The molecule has 2 aliphatic rings. The number of Topliss-reactive ketones (excluding diaryl/α,β-unsaturated/α-hetero) is 2. The minimum Gasteiger partial charge on any atom is -0.380 e. The van der Waals surface area contributed by atoms with Crippen molar-refractivity contribution < 1.29 is 19.8 Å². The predicted molar refractivity (Wildman–Crippen MR) is 137 cm³/mol. The largest absolute Gasteiger partial charge is 0.380 e. The van der Waals surface area contributed by atoms with Gasteiger partial charge in [-0.1, -0.05) is 109 Å². The smallest absolute Gasteiger partial charge is 0.193 e. The van der Waals surface area contributed by atoms with Gasteiger partial charge in [-0.05, 0) is 22.3 Å². The molecule has 0 fully saturated rings. The second kappa shape index (κ2) is 8.23. The van der Waals surface area contributed by atoms with Crippen molar-refractivity contribution >= 4 is 11.6 Å². The topological polar surface area (TPSA) is 74.6 Å². The third-order valence-electron chi connectivity index (χ3n) is 7.37. The van der Waals surface area contributed by atoms with E-state index in [9.17, 15) is 19.8 Å². The summed E-state index contributed by atoms with van der Waals surface area (Å²) >= 11 is 0. The van der Waals surface area contributed by atoms with Crippen LogP contribution in [0.2, 0.25) is 0 Å². The average molecular weight is 473 g/mol. The van der Waals surface area contributed by atoms with Gasteiger partial charge in [0, 0.05) is 35.1 Å². The Labute approximate surface area is 209 Å². The molecule has 0 amide bonds. The van der Waals surface area contributed by atoms with Crippen LogP contribution in [0.25, 0.3) is 0 Å². The molecule has 0 aliphatic heterocycles. The van der Waals surface area contributed by atoms with Gasteiger partial charge in [0.2, 0.25) is 0 Å². The number of hydrogen-bond acceptors (Lipinski definition) is 4. The highest BCUT2D eigenvalue weighted by atomic mass is 16.3. The Morgan fingerprint density at radius 1 is 0.472 bits per heavy atom. The first-order chi connectivity index (χ1) is 17.4. The van der Waals surface area contributed by atoms with Crippen LogP contribution in [0, 0.1) is 0 Å². The summed E-state index contributed by atoms with van der Waals surface area (Å²) < 4.78 is 0. The van der Waals surface area contributed by atoms with Crippen LogP contribution in [0.3, 0.4) is 0 Å². The Bertz CT molecular complexity index is 1420. The molecule has 4 aromatic rings. The summed E-state index contributed by atoms with van der Waals surface area (Å²) in [6.45, 7) is 0. The molecule has 2 N–H and O–H groups in total. The number of carbonyl (C=O) groups excluding carboxylic acids is 2. The van der Waals surface area contributed by atoms with Crippen LogP contribution in [0.1, 0.15) is 43.0 Å². The van der Waals surface area contributed by atoms with E-state index in [2.05, 4.69) is 0 Å². The van der Waals surface area contributed by atoms with Gasteiger partial charge in [0.1, 0.15) is 11.2 Å². The number of carbonyl (C=O) groups is 2. The summed E-state index contributed by atoms with van der Waals surface area (Å²) in [5.41, 5.74) is -0.374. The standard InChI is InChI=1S/C32H24O4/c33-29-23-15-7-9-17-25(23)31(35,19-21-11-3-1-4-12-21)27(29)28-30(34)24-16-8-10-18-26(24)32(28,36)20-22-13-5-2-6-14-22/h1-18,35-36H,19-20H2/b28-27+. The Hall–Kier alpha value is -4.12. The third-order valence-corrected chi connectivity index (χ3v) is 7.37. The number of benzene rings is 4. The van der Waals surface area contributed by atoms with Crippen molar-refractivity contribution in [2.75, 3.05) is 0 Å². The number of fused-ring (bicyclic) bond motifs is 2. The van der Waals surface area contributed by atoms with Crippen LogP contribution in [-0.4, -0.2) is 21.8 Å². The maximum atomic E-state index is 13.9. The lowest BCUT2D eigenvalue weighted by Crippen LogP contribution is -2.37. The van der Waals surface area contributed by atoms with Gasteiger partial charge in [0.05, 0.1) is 0 Å². The zero-order valence-corrected chi connectivity index (χ0v) is 19.5. The number of ketones is 2. The molecule has 2 unspecified atom stereocenters. The first-order valence-electron chi connectivity index (χ1n) is 12.0. The molecule has 0 saturated heterocycles. The molecule has 0 saturated carbocycles. The van der Waals surface area contributed by atoms with E-state index < -0.39 is 22.8 Å². The molecule has 36 heavy (non-hydrogen) atoms. The van der Waals surface area contributed by atoms with Crippen LogP contribution in [0.4, 0.5) is 0 Å². The van der Waals surface area contributed by atoms with Crippen LogP contribution in [-0.2, 0) is 24.0 Å². The Morgan fingerprint density at radius 2 is 0.806 bits per heavy atom. The van der Waals surface area contributed by atoms with Gasteiger partial charge >= 0.3 is 0 Å². The van der Waals surface area contributed by atoms with Crippen LogP contribution in [0.5, 0.6) is 0 Å². The van der Waals surface area contributed by atoms with Gasteiger partial charge in [-0.3, -0.25) is 9.59 Å². The number of rotatable bonds is 4. The van der Waals surface area contributed by atoms with Gasteiger partial charge in [-0.25, -0.2) is 0 Å². The maximum Gasteiger partial charge on any atom is 0.193 e. The van der Waals surface area contributed by atoms with E-state index in [4.69, 9.17) is 0 Å². The fourth-order valence-electron chi connectivity index (χ4n) is 5.79. The average Bonchev–Trinajstić information content (AvgIpc) is 3.24. The molecule has 2 aliphatic carbocycles. The molecule has 4 heteroatoms. The number of aliphatic hydroxyl groups is 2. The van der Waals surface area contributed by atoms with Gasteiger partial charge in [-0.2, -0.15) is 0 Å². The van der Waals surface area contributed by atoms with E-state index in [1.807, 2.05) is 60.7 Å². The van der Waals surface area contributed by atoms with Crippen LogP contribution >= 0.6 is 0 Å². The van der Waals surface area contributed by atoms with Crippen molar-refractivity contribution in [3.8, 4) is 0 Å². The molecule has 0 spiro atoms. The lowest BCUT2D eigenvalue weighted by Gasteiger charge is -2.32. The fourth-order valence-corrected chi connectivity index (χ4v) is 5.79. The van der Waals surface area contributed by atoms with Gasteiger partial charge < -0.3 is 10.2 Å². The van der Waals surface area contributed by atoms with E-state index >= 15 is 0 Å². The van der Waals surface area contributed by atoms with Gasteiger partial charge in [0.15, 0.2) is 11.6 Å². The molecule has 0 aromatic heterocycles. The normalized spacial score (nSPS) is 24.6. The Kier molecular flexibility index (Phi) is 5.11. The predicted octanol–water partition coefficient (Wildman–Crippen LogP) is 4.94. The molecule has 4 aromatic carbocycles. The van der Waals surface area contributed by atoms with Gasteiger partial charge in [-0.15, -0.1) is 0 Å². The number of hydrogen-bond donors (Lipinski definition) is 2. The van der Waals surface area contributed by atoms with E-state index in [1.54, 1.807) is 48.5 Å². The monoisotopic (exact) mass is 472 g/mol. The molecular formula is C32H24O4. The second-order valence-electron chi connectivity index (χ2n) is 9.54. The lowest BCUT2D eigenvalue weighted by atomic mass is 9.77. The molecule has 176 valence electrons.